The van der Waals surface area contributed by atoms with Crippen LogP contribution in [0.5, 0.6) is 0 Å². The van der Waals surface area contributed by atoms with E-state index in [2.05, 4.69) is 32.4 Å². The molecule has 3 aromatic rings. The van der Waals surface area contributed by atoms with Crippen LogP contribution in [-0.2, 0) is 4.79 Å². The van der Waals surface area contributed by atoms with Gasteiger partial charge in [-0.1, -0.05) is 13.5 Å². The Kier molecular flexibility index (Phi) is 7.15. The van der Waals surface area contributed by atoms with Crippen LogP contribution in [0.25, 0.3) is 22.0 Å². The summed E-state index contributed by atoms with van der Waals surface area (Å²) in [6.45, 7) is 12.5. The summed E-state index contributed by atoms with van der Waals surface area (Å²) in [6.07, 6.45) is 2.08. The lowest BCUT2D eigenvalue weighted by atomic mass is 9.96. The second-order valence-electron chi connectivity index (χ2n) is 10.1. The van der Waals surface area contributed by atoms with Gasteiger partial charge in [0.25, 0.3) is 0 Å². The van der Waals surface area contributed by atoms with Gasteiger partial charge in [-0.05, 0) is 66.9 Å². The molecule has 0 spiro atoms. The molecular formula is C28H29BrF2N4O2S. The highest BCUT2D eigenvalue weighted by Crippen LogP contribution is 2.47. The molecule has 5 rings (SSSR count). The fourth-order valence-electron chi connectivity index (χ4n) is 5.85. The molecule has 2 aromatic carbocycles. The molecule has 1 amide bonds. The van der Waals surface area contributed by atoms with Crippen LogP contribution >= 0.6 is 27.7 Å². The lowest BCUT2D eigenvalue weighted by Gasteiger charge is -2.45. The van der Waals surface area contributed by atoms with Crippen molar-refractivity contribution < 1.29 is 13.6 Å². The normalized spacial score (nSPS) is 21.2. The molecule has 3 heterocycles. The predicted molar refractivity (Wildman–Crippen MR) is 152 cm³/mol. The Hall–Kier alpha value is -2.72. The van der Waals surface area contributed by atoms with Crippen LogP contribution in [0, 0.1) is 18.6 Å². The van der Waals surface area contributed by atoms with Crippen molar-refractivity contribution in [3.8, 4) is 11.1 Å². The van der Waals surface area contributed by atoms with E-state index in [9.17, 15) is 14.0 Å². The number of hydrogen-bond donors (Lipinski definition) is 0. The Morgan fingerprint density at radius 2 is 1.89 bits per heavy atom. The maximum absolute atomic E-state index is 15.1. The van der Waals surface area contributed by atoms with Crippen molar-refractivity contribution in [2.45, 2.75) is 57.1 Å². The van der Waals surface area contributed by atoms with Gasteiger partial charge in [-0.3, -0.25) is 9.36 Å². The molecule has 6 nitrogen and oxygen atoms in total. The van der Waals surface area contributed by atoms with Gasteiger partial charge in [0.1, 0.15) is 17.5 Å². The van der Waals surface area contributed by atoms with E-state index in [1.165, 1.54) is 12.1 Å². The summed E-state index contributed by atoms with van der Waals surface area (Å²) in [4.78, 5) is 35.3. The number of rotatable bonds is 4. The van der Waals surface area contributed by atoms with Crippen molar-refractivity contribution >= 4 is 50.3 Å². The Morgan fingerprint density at radius 1 is 1.21 bits per heavy atom. The number of benzene rings is 2. The molecule has 3 atom stereocenters. The van der Waals surface area contributed by atoms with Crippen LogP contribution in [0.15, 0.2) is 45.0 Å². The lowest BCUT2D eigenvalue weighted by molar-refractivity contribution is -0.130. The van der Waals surface area contributed by atoms with Gasteiger partial charge in [0, 0.05) is 64.4 Å². The zero-order valence-corrected chi connectivity index (χ0v) is 24.1. The average Bonchev–Trinajstić information content (AvgIpc) is 2.87. The van der Waals surface area contributed by atoms with E-state index in [4.69, 9.17) is 0 Å². The smallest absolute Gasteiger partial charge is 0.350 e. The maximum Gasteiger partial charge on any atom is 0.350 e. The van der Waals surface area contributed by atoms with Crippen molar-refractivity contribution in [1.82, 2.24) is 14.5 Å². The third kappa shape index (κ3) is 4.25. The molecule has 2 aliphatic heterocycles. The molecule has 0 radical (unpaired) electrons. The number of aromatic nitrogens is 2. The van der Waals surface area contributed by atoms with Crippen molar-refractivity contribution in [2.75, 3.05) is 23.7 Å². The van der Waals surface area contributed by atoms with E-state index in [0.717, 1.165) is 33.8 Å². The molecule has 200 valence electrons. The first-order valence-electron chi connectivity index (χ1n) is 12.6. The first-order chi connectivity index (χ1) is 18.1. The summed E-state index contributed by atoms with van der Waals surface area (Å²) in [7, 11) is 0. The number of thioether (sulfide) groups is 1. The van der Waals surface area contributed by atoms with Crippen molar-refractivity contribution in [1.29, 1.82) is 0 Å². The van der Waals surface area contributed by atoms with Crippen LogP contribution in [0.3, 0.4) is 0 Å². The molecule has 0 saturated carbocycles. The highest BCUT2D eigenvalue weighted by Gasteiger charge is 2.35. The molecular weight excluding hydrogens is 574 g/mol. The number of halogens is 3. The molecule has 1 fully saturated rings. The number of carbonyl (C=O) groups is 1. The second-order valence-corrected chi connectivity index (χ2v) is 11.9. The van der Waals surface area contributed by atoms with E-state index >= 15 is 4.39 Å². The first-order valence-corrected chi connectivity index (χ1v) is 14.4. The molecule has 0 N–H and O–H groups in total. The topological polar surface area (TPSA) is 58.4 Å². The molecule has 10 heteroatoms. The largest absolute Gasteiger partial charge is 0.352 e. The molecule has 2 aliphatic rings. The predicted octanol–water partition coefficient (Wildman–Crippen LogP) is 6.08. The number of hydrogen-bond acceptors (Lipinski definition) is 5. The van der Waals surface area contributed by atoms with E-state index in [0.29, 0.717) is 30.2 Å². The third-order valence-electron chi connectivity index (χ3n) is 7.53. The number of aryl methyl sites for hydroxylation is 1. The monoisotopic (exact) mass is 602 g/mol. The zero-order chi connectivity index (χ0) is 27.5. The van der Waals surface area contributed by atoms with Gasteiger partial charge >= 0.3 is 5.69 Å². The van der Waals surface area contributed by atoms with Gasteiger partial charge in [-0.25, -0.2) is 13.6 Å². The van der Waals surface area contributed by atoms with Crippen LogP contribution in [0.4, 0.5) is 14.6 Å². The number of amides is 1. The Balaban J connectivity index is 1.76. The Labute approximate surface area is 232 Å². The minimum Gasteiger partial charge on any atom is -0.352 e. The molecule has 0 aliphatic carbocycles. The highest BCUT2D eigenvalue weighted by atomic mass is 79.9. The first kappa shape index (κ1) is 26.9. The quantitative estimate of drug-likeness (QED) is 0.267. The van der Waals surface area contributed by atoms with Gasteiger partial charge < -0.3 is 9.80 Å². The van der Waals surface area contributed by atoms with E-state index in [1.54, 1.807) is 16.3 Å². The lowest BCUT2D eigenvalue weighted by Crippen LogP contribution is -2.58. The fourth-order valence-corrected chi connectivity index (χ4v) is 7.69. The van der Waals surface area contributed by atoms with Crippen LogP contribution in [0.2, 0.25) is 0 Å². The van der Waals surface area contributed by atoms with E-state index < -0.39 is 11.6 Å². The Bertz CT molecular complexity index is 1530. The van der Waals surface area contributed by atoms with Crippen molar-refractivity contribution in [2.24, 2.45) is 0 Å². The fraction of sp³-hybridized carbons (Fsp3) is 0.393. The second kappa shape index (κ2) is 10.1. The zero-order valence-electron chi connectivity index (χ0n) is 21.7. The molecule has 38 heavy (non-hydrogen) atoms. The Morgan fingerprint density at radius 3 is 2.53 bits per heavy atom. The van der Waals surface area contributed by atoms with Crippen molar-refractivity contribution in [3.05, 3.63) is 63.0 Å². The number of anilines is 1. The molecule has 1 aromatic heterocycles. The van der Waals surface area contributed by atoms with E-state index in [1.807, 2.05) is 38.7 Å². The average molecular weight is 604 g/mol. The molecule has 0 unspecified atom stereocenters. The van der Waals surface area contributed by atoms with Crippen LogP contribution < -0.4 is 10.6 Å². The van der Waals surface area contributed by atoms with Gasteiger partial charge in [-0.15, -0.1) is 11.8 Å². The van der Waals surface area contributed by atoms with Crippen LogP contribution in [0.1, 0.15) is 38.8 Å². The molecule has 0 bridgehead atoms. The number of nitrogens with zero attached hydrogens (tertiary/aromatic N) is 4. The van der Waals surface area contributed by atoms with Gasteiger partial charge in [-0.2, -0.15) is 4.98 Å². The minimum atomic E-state index is -0.669. The number of carbonyl (C=O) groups excluding carboxylic acids is 1. The third-order valence-corrected chi connectivity index (χ3v) is 9.37. The standard InChI is InChI=1S/C28H29BrF2N4O2S/c1-6-17-13-38-26-24(18-9-20(29)22(31)10-21(18)30)14(3)8-19-25(26)35(17)28(37)32-27(19)33-11-15(4)34(16(5)12-33)23(36)7-2/h7-10,15-17H,2,6,11-13H2,1,3-5H3/t15-,16+,17-/m0/s1. The minimum absolute atomic E-state index is 0.0516. The SMILES string of the molecule is C=CC(=O)N1[C@H](C)CN(c2nc(=O)n3c4c(c(-c5cc(Br)c(F)cc5F)c(C)cc24)SC[C@@H]3CC)C[C@@H]1C. The highest BCUT2D eigenvalue weighted by molar-refractivity contribution is 9.10. The van der Waals surface area contributed by atoms with Crippen LogP contribution in [-0.4, -0.2) is 51.3 Å². The summed E-state index contributed by atoms with van der Waals surface area (Å²) in [5.41, 5.74) is 2.13. The number of piperazine rings is 1. The summed E-state index contributed by atoms with van der Waals surface area (Å²) >= 11 is 4.79. The van der Waals surface area contributed by atoms with Gasteiger partial charge in [0.05, 0.1) is 9.99 Å². The van der Waals surface area contributed by atoms with Crippen molar-refractivity contribution in [3.63, 3.8) is 0 Å². The summed E-state index contributed by atoms with van der Waals surface area (Å²) in [5, 5.41) is 0.816. The van der Waals surface area contributed by atoms with Gasteiger partial charge in [0.2, 0.25) is 5.91 Å². The van der Waals surface area contributed by atoms with E-state index in [-0.39, 0.29) is 39.8 Å². The molecule has 1 saturated heterocycles. The summed E-state index contributed by atoms with van der Waals surface area (Å²) in [5.74, 6) is -0.227. The summed E-state index contributed by atoms with van der Waals surface area (Å²) < 4.78 is 31.1. The maximum atomic E-state index is 15.1. The summed E-state index contributed by atoms with van der Waals surface area (Å²) in [6, 6.07) is 4.03. The van der Waals surface area contributed by atoms with Gasteiger partial charge in [0.15, 0.2) is 0 Å².